The number of aliphatic hydroxyl groups excluding tert-OH is 1. The number of esters is 1. The standard InChI is InChI=1S/C28H27N5O8/c1-2-41-28(13-23(36)40-16-28)31-27(39)33-21-10-6-5-9-20(21)32(22(35)15-34)14-19(26(33)38)30-25(37)24-18-8-4-3-7-17(18)11-12-29-24/h3-12,19,34H,2,13-16H2,1H3,(H,30,37)(H,31,39)/t19-,28-/m0/s1. The molecule has 13 heteroatoms. The summed E-state index contributed by atoms with van der Waals surface area (Å²) in [5.74, 6) is -2.92. The molecule has 0 aliphatic carbocycles. The lowest BCUT2D eigenvalue weighted by Gasteiger charge is -2.31. The molecule has 1 saturated heterocycles. The van der Waals surface area contributed by atoms with Crippen LogP contribution < -0.4 is 20.4 Å². The monoisotopic (exact) mass is 561 g/mol. The molecule has 0 saturated carbocycles. The average molecular weight is 562 g/mol. The number of carbonyl (C=O) groups excluding carboxylic acids is 5. The molecule has 3 heterocycles. The molecular formula is C28H27N5O8. The van der Waals surface area contributed by atoms with Crippen molar-refractivity contribution in [2.24, 2.45) is 0 Å². The second-order valence-electron chi connectivity index (χ2n) is 9.43. The highest BCUT2D eigenvalue weighted by molar-refractivity contribution is 6.21. The van der Waals surface area contributed by atoms with Crippen molar-refractivity contribution in [3.05, 3.63) is 66.5 Å². The van der Waals surface area contributed by atoms with Crippen molar-refractivity contribution in [3.8, 4) is 0 Å². The van der Waals surface area contributed by atoms with Crippen LogP contribution in [0.15, 0.2) is 60.8 Å². The topological polar surface area (TPSA) is 167 Å². The fraction of sp³-hybridized carbons (Fsp3) is 0.286. The number of para-hydroxylation sites is 2. The molecule has 13 nitrogen and oxygen atoms in total. The summed E-state index contributed by atoms with van der Waals surface area (Å²) in [6.07, 6.45) is 1.18. The third-order valence-electron chi connectivity index (χ3n) is 6.78. The fourth-order valence-corrected chi connectivity index (χ4v) is 4.95. The summed E-state index contributed by atoms with van der Waals surface area (Å²) < 4.78 is 10.7. The van der Waals surface area contributed by atoms with Gasteiger partial charge in [-0.3, -0.25) is 24.2 Å². The van der Waals surface area contributed by atoms with E-state index < -0.39 is 48.1 Å². The zero-order chi connectivity index (χ0) is 29.1. The smallest absolute Gasteiger partial charge is 0.331 e. The Bertz CT molecular complexity index is 1540. The minimum atomic E-state index is -1.52. The molecule has 2 atom stereocenters. The number of nitrogens with one attached hydrogen (secondary N) is 2. The Morgan fingerprint density at radius 2 is 1.83 bits per heavy atom. The molecule has 0 spiro atoms. The lowest BCUT2D eigenvalue weighted by atomic mass is 10.1. The molecule has 2 aliphatic heterocycles. The number of aromatic nitrogens is 1. The van der Waals surface area contributed by atoms with Gasteiger partial charge in [0.1, 0.15) is 24.9 Å². The second-order valence-corrected chi connectivity index (χ2v) is 9.43. The highest BCUT2D eigenvalue weighted by atomic mass is 16.6. The number of hydrogen-bond donors (Lipinski definition) is 3. The number of aliphatic hydroxyl groups is 1. The maximum atomic E-state index is 14.0. The lowest BCUT2D eigenvalue weighted by Crippen LogP contribution is -2.60. The number of cyclic esters (lactones) is 1. The number of pyridine rings is 1. The molecule has 0 unspecified atom stereocenters. The largest absolute Gasteiger partial charge is 0.460 e. The number of benzene rings is 2. The number of fused-ring (bicyclic) bond motifs is 2. The lowest BCUT2D eigenvalue weighted by molar-refractivity contribution is -0.138. The maximum Gasteiger partial charge on any atom is 0.331 e. The van der Waals surface area contributed by atoms with E-state index in [1.54, 1.807) is 43.3 Å². The number of rotatable bonds is 6. The average Bonchev–Trinajstić information content (AvgIpc) is 3.28. The predicted octanol–water partition coefficient (Wildman–Crippen LogP) is 1.09. The summed E-state index contributed by atoms with van der Waals surface area (Å²) in [5, 5.41) is 16.2. The van der Waals surface area contributed by atoms with Gasteiger partial charge in [0.15, 0.2) is 5.72 Å². The van der Waals surface area contributed by atoms with Crippen molar-refractivity contribution < 1.29 is 38.6 Å². The first-order valence-electron chi connectivity index (χ1n) is 12.9. The molecule has 1 fully saturated rings. The van der Waals surface area contributed by atoms with Gasteiger partial charge in [0.05, 0.1) is 24.3 Å². The van der Waals surface area contributed by atoms with Crippen LogP contribution >= 0.6 is 0 Å². The highest BCUT2D eigenvalue weighted by Crippen LogP contribution is 2.34. The molecule has 0 radical (unpaired) electrons. The summed E-state index contributed by atoms with van der Waals surface area (Å²) in [5.41, 5.74) is -1.30. The number of urea groups is 1. The second kappa shape index (κ2) is 11.3. The third kappa shape index (κ3) is 5.32. The maximum absolute atomic E-state index is 14.0. The van der Waals surface area contributed by atoms with Crippen molar-refractivity contribution in [1.82, 2.24) is 15.6 Å². The summed E-state index contributed by atoms with van der Waals surface area (Å²) in [7, 11) is 0. The molecule has 0 bridgehead atoms. The van der Waals surface area contributed by atoms with Crippen molar-refractivity contribution in [1.29, 1.82) is 0 Å². The number of anilines is 2. The Balaban J connectivity index is 1.54. The summed E-state index contributed by atoms with van der Waals surface area (Å²) in [6.45, 7) is 0.281. The first kappa shape index (κ1) is 27.7. The summed E-state index contributed by atoms with van der Waals surface area (Å²) >= 11 is 0. The van der Waals surface area contributed by atoms with Crippen molar-refractivity contribution in [3.63, 3.8) is 0 Å². The number of ether oxygens (including phenoxy) is 2. The van der Waals surface area contributed by atoms with Crippen LogP contribution in [-0.2, 0) is 23.9 Å². The van der Waals surface area contributed by atoms with Gasteiger partial charge < -0.3 is 30.1 Å². The van der Waals surface area contributed by atoms with Crippen LogP contribution in [0.1, 0.15) is 23.8 Å². The number of imide groups is 1. The number of hydrogen-bond acceptors (Lipinski definition) is 9. The van der Waals surface area contributed by atoms with Gasteiger partial charge in [-0.1, -0.05) is 36.4 Å². The van der Waals surface area contributed by atoms with E-state index in [1.165, 1.54) is 18.3 Å². The minimum Gasteiger partial charge on any atom is -0.460 e. The molecule has 3 N–H and O–H groups in total. The first-order chi connectivity index (χ1) is 19.8. The molecule has 5 amide bonds. The summed E-state index contributed by atoms with van der Waals surface area (Å²) in [4.78, 5) is 72.1. The van der Waals surface area contributed by atoms with E-state index in [2.05, 4.69) is 15.6 Å². The van der Waals surface area contributed by atoms with E-state index in [1.807, 2.05) is 6.07 Å². The van der Waals surface area contributed by atoms with Gasteiger partial charge in [-0.05, 0) is 30.5 Å². The fourth-order valence-electron chi connectivity index (χ4n) is 4.95. The van der Waals surface area contributed by atoms with E-state index >= 15 is 0 Å². The van der Waals surface area contributed by atoms with Crippen LogP contribution in [0.25, 0.3) is 10.8 Å². The van der Waals surface area contributed by atoms with Gasteiger partial charge in [0, 0.05) is 18.2 Å². The number of carbonyl (C=O) groups is 5. The van der Waals surface area contributed by atoms with Crippen LogP contribution in [0, 0.1) is 0 Å². The minimum absolute atomic E-state index is 0.0220. The van der Waals surface area contributed by atoms with Gasteiger partial charge in [0.25, 0.3) is 17.7 Å². The summed E-state index contributed by atoms with van der Waals surface area (Å²) in [6, 6.07) is 12.5. The van der Waals surface area contributed by atoms with E-state index in [4.69, 9.17) is 9.47 Å². The van der Waals surface area contributed by atoms with E-state index in [-0.39, 0.29) is 43.2 Å². The highest BCUT2D eigenvalue weighted by Gasteiger charge is 2.46. The SMILES string of the molecule is CCO[C@]1(NC(=O)N2C(=O)[C@@H](NC(=O)c3nccc4ccccc34)CN(C(=O)CO)c3ccccc32)COC(=O)C1. The normalized spacial score (nSPS) is 20.3. The van der Waals surface area contributed by atoms with Gasteiger partial charge in [-0.25, -0.2) is 9.69 Å². The Morgan fingerprint density at radius 3 is 2.54 bits per heavy atom. The van der Waals surface area contributed by atoms with E-state index in [9.17, 15) is 29.1 Å². The molecule has 2 aromatic carbocycles. The van der Waals surface area contributed by atoms with Crippen molar-refractivity contribution >= 4 is 51.9 Å². The Kier molecular flexibility index (Phi) is 7.64. The van der Waals surface area contributed by atoms with Gasteiger partial charge in [0.2, 0.25) is 0 Å². The van der Waals surface area contributed by atoms with Crippen LogP contribution in [-0.4, -0.2) is 77.9 Å². The van der Waals surface area contributed by atoms with E-state index in [0.717, 1.165) is 15.2 Å². The molecular weight excluding hydrogens is 534 g/mol. The molecule has 1 aromatic heterocycles. The molecule has 5 rings (SSSR count). The van der Waals surface area contributed by atoms with Crippen molar-refractivity contribution in [2.45, 2.75) is 25.1 Å². The first-order valence-corrected chi connectivity index (χ1v) is 12.9. The third-order valence-corrected chi connectivity index (χ3v) is 6.78. The predicted molar refractivity (Wildman–Crippen MR) is 145 cm³/mol. The Hall–Kier alpha value is -4.88. The zero-order valence-corrected chi connectivity index (χ0v) is 22.0. The Morgan fingerprint density at radius 1 is 1.10 bits per heavy atom. The molecule has 212 valence electrons. The van der Waals surface area contributed by atoms with Gasteiger partial charge >= 0.3 is 12.0 Å². The van der Waals surface area contributed by atoms with Crippen LogP contribution in [0.5, 0.6) is 0 Å². The zero-order valence-electron chi connectivity index (χ0n) is 22.0. The van der Waals surface area contributed by atoms with Gasteiger partial charge in [-0.2, -0.15) is 0 Å². The Labute approximate surface area is 234 Å². The van der Waals surface area contributed by atoms with Crippen LogP contribution in [0.4, 0.5) is 16.2 Å². The molecule has 2 aliphatic rings. The quantitative estimate of drug-likeness (QED) is 0.295. The molecule has 3 aromatic rings. The van der Waals surface area contributed by atoms with Gasteiger partial charge in [-0.15, -0.1) is 0 Å². The van der Waals surface area contributed by atoms with Crippen LogP contribution in [0.3, 0.4) is 0 Å². The van der Waals surface area contributed by atoms with E-state index in [0.29, 0.717) is 5.39 Å². The number of nitrogens with zero attached hydrogens (tertiary/aromatic N) is 3. The van der Waals surface area contributed by atoms with Crippen LogP contribution in [0.2, 0.25) is 0 Å². The molecule has 41 heavy (non-hydrogen) atoms. The van der Waals surface area contributed by atoms with Crippen molar-refractivity contribution in [2.75, 3.05) is 36.2 Å². The number of amides is 5.